The van der Waals surface area contributed by atoms with Crippen molar-refractivity contribution in [3.63, 3.8) is 0 Å². The molecule has 0 aliphatic rings. The summed E-state index contributed by atoms with van der Waals surface area (Å²) in [4.78, 5) is 11.7. The minimum absolute atomic E-state index is 0. The van der Waals surface area contributed by atoms with Gasteiger partial charge in [-0.3, -0.25) is 9.35 Å². The Bertz CT molecular complexity index is 415. The van der Waals surface area contributed by atoms with Crippen molar-refractivity contribution in [3.05, 3.63) is 0 Å². The number of carbonyl (C=O) groups is 1. The molecule has 0 heterocycles. The summed E-state index contributed by atoms with van der Waals surface area (Å²) in [7, 11) is -4.36. The Kier molecular flexibility index (Phi) is 19.9. The van der Waals surface area contributed by atoms with Crippen molar-refractivity contribution in [1.82, 2.24) is 0 Å². The van der Waals surface area contributed by atoms with Gasteiger partial charge in [0.25, 0.3) is 10.1 Å². The molecule has 0 bridgehead atoms. The van der Waals surface area contributed by atoms with Crippen molar-refractivity contribution in [2.75, 3.05) is 6.54 Å². The maximum absolute atomic E-state index is 11.7. The Balaban J connectivity index is 0. The molecule has 146 valence electrons. The molecule has 0 aliphatic heterocycles. The third kappa shape index (κ3) is 16.4. The third-order valence-corrected chi connectivity index (χ3v) is 5.63. The fourth-order valence-corrected chi connectivity index (χ4v) is 3.59. The van der Waals surface area contributed by atoms with E-state index in [1.54, 1.807) is 0 Å². The first-order valence-corrected chi connectivity index (χ1v) is 11.1. The summed E-state index contributed by atoms with van der Waals surface area (Å²) in [5.41, 5.74) is 5.24. The van der Waals surface area contributed by atoms with Crippen molar-refractivity contribution >= 4 is 45.5 Å². The number of ketones is 1. The van der Waals surface area contributed by atoms with Crippen LogP contribution in [0.3, 0.4) is 0 Å². The summed E-state index contributed by atoms with van der Waals surface area (Å²) in [5.74, 6) is -0.469. The number of Topliss-reactive ketones (excluding diaryl/α,β-unsaturated/α-hetero) is 1. The molecule has 0 amide bonds. The predicted octanol–water partition coefficient (Wildman–Crippen LogP) is 3.60. The monoisotopic (exact) mass is 387 g/mol. The molecule has 5 nitrogen and oxygen atoms in total. The van der Waals surface area contributed by atoms with Crippen LogP contribution in [0.4, 0.5) is 0 Å². The summed E-state index contributed by atoms with van der Waals surface area (Å²) >= 11 is 0. The topological polar surface area (TPSA) is 97.5 Å². The van der Waals surface area contributed by atoms with E-state index in [-0.39, 0.29) is 42.5 Å². The maximum atomic E-state index is 11.7. The molecule has 0 saturated carbocycles. The predicted molar refractivity (Wildman–Crippen MR) is 107 cm³/mol. The average molecular weight is 388 g/mol. The SMILES string of the molecule is CCCCCCCCCCCCCCCC(=O)C(CN)S(=O)(=O)O.[NaH]. The average Bonchev–Trinajstić information content (AvgIpc) is 2.51. The fraction of sp³-hybridized carbons (Fsp3) is 0.944. The molecule has 0 aromatic carbocycles. The second kappa shape index (κ2) is 17.9. The summed E-state index contributed by atoms with van der Waals surface area (Å²) in [6.07, 6.45) is 16.0. The first-order chi connectivity index (χ1) is 11.4. The standard InChI is InChI=1S/C18H37NO4S.Na.H/c1-2-3-4-5-6-7-8-9-10-11-12-13-14-15-17(20)18(16-19)24(21,22)23;;/h18H,2-16,19H2,1H3,(H,21,22,23);;. The van der Waals surface area contributed by atoms with Crippen LogP contribution in [-0.4, -0.2) is 60.1 Å². The van der Waals surface area contributed by atoms with Crippen LogP contribution in [0, 0.1) is 0 Å². The van der Waals surface area contributed by atoms with Gasteiger partial charge in [0.1, 0.15) is 0 Å². The van der Waals surface area contributed by atoms with Crippen molar-refractivity contribution in [3.8, 4) is 0 Å². The van der Waals surface area contributed by atoms with E-state index in [1.807, 2.05) is 0 Å². The van der Waals surface area contributed by atoms with Gasteiger partial charge in [-0.25, -0.2) is 0 Å². The quantitative estimate of drug-likeness (QED) is 0.226. The number of rotatable bonds is 17. The van der Waals surface area contributed by atoms with Gasteiger partial charge in [0, 0.05) is 13.0 Å². The zero-order valence-electron chi connectivity index (χ0n) is 15.3. The molecule has 0 rings (SSSR count). The summed E-state index contributed by atoms with van der Waals surface area (Å²) in [5, 5.41) is -1.45. The van der Waals surface area contributed by atoms with Crippen LogP contribution in [0.1, 0.15) is 96.8 Å². The van der Waals surface area contributed by atoms with Gasteiger partial charge in [-0.2, -0.15) is 8.42 Å². The van der Waals surface area contributed by atoms with Crippen LogP contribution >= 0.6 is 0 Å². The van der Waals surface area contributed by atoms with Gasteiger partial charge < -0.3 is 5.73 Å². The fourth-order valence-electron chi connectivity index (χ4n) is 2.90. The molecule has 0 aromatic rings. The molecule has 7 heteroatoms. The number of unbranched alkanes of at least 4 members (excludes halogenated alkanes) is 12. The van der Waals surface area contributed by atoms with Crippen LogP contribution in [0.15, 0.2) is 0 Å². The van der Waals surface area contributed by atoms with E-state index in [9.17, 15) is 13.2 Å². The van der Waals surface area contributed by atoms with Gasteiger partial charge in [-0.15, -0.1) is 0 Å². The Morgan fingerprint density at radius 2 is 1.20 bits per heavy atom. The van der Waals surface area contributed by atoms with Gasteiger partial charge in [0.05, 0.1) is 0 Å². The van der Waals surface area contributed by atoms with E-state index in [0.717, 1.165) is 12.8 Å². The van der Waals surface area contributed by atoms with E-state index in [2.05, 4.69) is 6.92 Å². The van der Waals surface area contributed by atoms with E-state index in [4.69, 9.17) is 10.3 Å². The van der Waals surface area contributed by atoms with Crippen LogP contribution in [0.2, 0.25) is 0 Å². The Morgan fingerprint density at radius 3 is 1.52 bits per heavy atom. The molecular formula is C18H38NNaO4S. The van der Waals surface area contributed by atoms with Gasteiger partial charge in [-0.1, -0.05) is 84.0 Å². The molecular weight excluding hydrogens is 349 g/mol. The van der Waals surface area contributed by atoms with E-state index < -0.39 is 21.2 Å². The van der Waals surface area contributed by atoms with Gasteiger partial charge in [0.2, 0.25) is 0 Å². The molecule has 3 N–H and O–H groups in total. The first-order valence-electron chi connectivity index (χ1n) is 9.62. The Morgan fingerprint density at radius 1 is 0.840 bits per heavy atom. The minimum atomic E-state index is -4.36. The number of nitrogens with two attached hydrogens (primary N) is 1. The molecule has 0 fully saturated rings. The Labute approximate surface area is 176 Å². The van der Waals surface area contributed by atoms with Gasteiger partial charge in [0.15, 0.2) is 11.0 Å². The molecule has 1 atom stereocenters. The van der Waals surface area contributed by atoms with Crippen LogP contribution in [0.5, 0.6) is 0 Å². The normalized spacial score (nSPS) is 12.6. The molecule has 0 radical (unpaired) electrons. The zero-order chi connectivity index (χ0) is 18.3. The van der Waals surface area contributed by atoms with E-state index >= 15 is 0 Å². The Hall–Kier alpha value is 0.540. The van der Waals surface area contributed by atoms with Crippen LogP contribution in [0.25, 0.3) is 0 Å². The summed E-state index contributed by atoms with van der Waals surface area (Å²) in [6.45, 7) is 1.89. The molecule has 0 saturated heterocycles. The summed E-state index contributed by atoms with van der Waals surface area (Å²) < 4.78 is 30.9. The second-order valence-corrected chi connectivity index (χ2v) is 8.30. The molecule has 0 spiro atoms. The van der Waals surface area contributed by atoms with Crippen molar-refractivity contribution < 1.29 is 17.8 Å². The van der Waals surface area contributed by atoms with Crippen molar-refractivity contribution in [2.24, 2.45) is 5.73 Å². The molecule has 0 aromatic heterocycles. The second-order valence-electron chi connectivity index (χ2n) is 6.70. The van der Waals surface area contributed by atoms with Crippen LogP contribution < -0.4 is 5.73 Å². The number of carbonyl (C=O) groups excluding carboxylic acids is 1. The number of hydrogen-bond acceptors (Lipinski definition) is 4. The molecule has 25 heavy (non-hydrogen) atoms. The number of hydrogen-bond donors (Lipinski definition) is 2. The molecule has 0 aliphatic carbocycles. The van der Waals surface area contributed by atoms with E-state index in [0.29, 0.717) is 6.42 Å². The van der Waals surface area contributed by atoms with Crippen LogP contribution in [-0.2, 0) is 14.9 Å². The van der Waals surface area contributed by atoms with E-state index in [1.165, 1.54) is 64.2 Å². The first kappa shape index (κ1) is 27.8. The summed E-state index contributed by atoms with van der Waals surface area (Å²) in [6, 6.07) is 0. The molecule has 1 unspecified atom stereocenters. The third-order valence-electron chi connectivity index (χ3n) is 4.46. The van der Waals surface area contributed by atoms with Crippen molar-refractivity contribution in [1.29, 1.82) is 0 Å². The van der Waals surface area contributed by atoms with Gasteiger partial charge >= 0.3 is 29.6 Å². The van der Waals surface area contributed by atoms with Gasteiger partial charge in [-0.05, 0) is 6.42 Å². The van der Waals surface area contributed by atoms with Crippen molar-refractivity contribution in [2.45, 2.75) is 102 Å². The zero-order valence-corrected chi connectivity index (χ0v) is 16.2.